The van der Waals surface area contributed by atoms with Gasteiger partial charge in [-0.15, -0.1) is 0 Å². The molecule has 0 atom stereocenters. The summed E-state index contributed by atoms with van der Waals surface area (Å²) in [5.74, 6) is 0. The Hall–Kier alpha value is -11.0. The van der Waals surface area contributed by atoms with Crippen molar-refractivity contribution in [2.45, 2.75) is 85.0 Å². The molecule has 17 rings (SSSR count). The summed E-state index contributed by atoms with van der Waals surface area (Å²) in [5, 5.41) is 0. The highest BCUT2D eigenvalue weighted by atomic mass is 15.3. The number of hydrogen-bond donors (Lipinski definition) is 0. The van der Waals surface area contributed by atoms with Crippen molar-refractivity contribution in [2.75, 3.05) is 39.2 Å². The zero-order chi connectivity index (χ0) is 63.0. The molecule has 1 aliphatic carbocycles. The maximum Gasteiger partial charge on any atom is 0.0716 e. The fraction of sp³-hybridized carbons (Fsp3) is 0.153. The fourth-order valence-corrected chi connectivity index (χ4v) is 16.4. The molecule has 0 fully saturated rings. The van der Waals surface area contributed by atoms with E-state index in [1.165, 1.54) is 67.8 Å². The van der Waals surface area contributed by atoms with E-state index in [2.05, 4.69) is 374 Å². The maximum absolute atomic E-state index is 2.55. The van der Waals surface area contributed by atoms with E-state index in [-0.39, 0.29) is 24.2 Å². The normalized spacial score (nSPS) is 14.5. The van der Waals surface area contributed by atoms with Crippen molar-refractivity contribution in [2.24, 2.45) is 0 Å². The molecule has 0 saturated carbocycles. The van der Waals surface area contributed by atoms with E-state index in [0.29, 0.717) is 0 Å². The lowest BCUT2D eigenvalue weighted by Gasteiger charge is -2.45. The van der Waals surface area contributed by atoms with E-state index < -0.39 is 5.41 Å². The second-order valence-corrected chi connectivity index (χ2v) is 26.4. The monoisotopic (exact) mass is 1210 g/mol. The molecule has 4 aliphatic heterocycles. The molecular formula is C85H74N8. The largest absolute Gasteiger partial charge is 0.336 e. The average Bonchev–Trinajstić information content (AvgIpc) is 1.60. The molecule has 0 aromatic heterocycles. The third kappa shape index (κ3) is 8.30. The molecule has 93 heavy (non-hydrogen) atoms. The molecule has 0 saturated heterocycles. The highest BCUT2D eigenvalue weighted by Gasteiger charge is 2.49. The molecule has 8 nitrogen and oxygen atoms in total. The van der Waals surface area contributed by atoms with Gasteiger partial charge in [0.25, 0.3) is 0 Å². The molecule has 0 N–H and O–H groups in total. The fourth-order valence-electron chi connectivity index (χ4n) is 16.4. The van der Waals surface area contributed by atoms with Crippen molar-refractivity contribution in [1.82, 2.24) is 0 Å². The second-order valence-electron chi connectivity index (χ2n) is 26.4. The van der Waals surface area contributed by atoms with Crippen LogP contribution in [0.15, 0.2) is 279 Å². The van der Waals surface area contributed by atoms with Crippen LogP contribution in [0.3, 0.4) is 0 Å². The summed E-state index contributed by atoms with van der Waals surface area (Å²) in [6.45, 7) is 18.4. The van der Waals surface area contributed by atoms with Gasteiger partial charge in [0.1, 0.15) is 0 Å². The Labute approximate surface area is 547 Å². The summed E-state index contributed by atoms with van der Waals surface area (Å²) < 4.78 is 0. The van der Waals surface area contributed by atoms with Gasteiger partial charge >= 0.3 is 0 Å². The Balaban J connectivity index is 1.03. The lowest BCUT2D eigenvalue weighted by Crippen LogP contribution is -2.34. The lowest BCUT2D eigenvalue weighted by molar-refractivity contribution is 0.765. The zero-order valence-electron chi connectivity index (χ0n) is 53.9. The topological polar surface area (TPSA) is 25.9 Å². The molecule has 12 aromatic carbocycles. The number of anilines is 20. The van der Waals surface area contributed by atoms with Crippen LogP contribution in [0.2, 0.25) is 0 Å². The summed E-state index contributed by atoms with van der Waals surface area (Å²) >= 11 is 0. The van der Waals surface area contributed by atoms with E-state index in [0.717, 1.165) is 79.4 Å². The molecule has 454 valence electrons. The van der Waals surface area contributed by atoms with Gasteiger partial charge < -0.3 is 39.2 Å². The molecule has 0 bridgehead atoms. The first kappa shape index (κ1) is 56.1. The zero-order valence-corrected chi connectivity index (χ0v) is 53.9. The Morgan fingerprint density at radius 1 is 0.204 bits per heavy atom. The van der Waals surface area contributed by atoms with Crippen molar-refractivity contribution >= 4 is 114 Å². The summed E-state index contributed by atoms with van der Waals surface area (Å²) in [7, 11) is 0. The number of hydrogen-bond acceptors (Lipinski definition) is 8. The van der Waals surface area contributed by atoms with Gasteiger partial charge in [-0.1, -0.05) is 146 Å². The van der Waals surface area contributed by atoms with Crippen LogP contribution in [0.25, 0.3) is 11.1 Å². The molecular weight excluding hydrogens is 1130 g/mol. The first-order chi connectivity index (χ1) is 45.5. The average molecular weight is 1210 g/mol. The van der Waals surface area contributed by atoms with Gasteiger partial charge in [0.2, 0.25) is 0 Å². The Bertz CT molecular complexity index is 4190. The molecule has 0 spiro atoms. The molecule has 4 heterocycles. The first-order valence-electron chi connectivity index (χ1n) is 33.1. The molecule has 5 aliphatic rings. The third-order valence-corrected chi connectivity index (χ3v) is 19.8. The van der Waals surface area contributed by atoms with Gasteiger partial charge in [0.05, 0.1) is 96.4 Å². The van der Waals surface area contributed by atoms with Crippen LogP contribution in [0.5, 0.6) is 0 Å². The smallest absolute Gasteiger partial charge is 0.0716 e. The van der Waals surface area contributed by atoms with Crippen LogP contribution in [0.1, 0.15) is 77.6 Å². The predicted molar refractivity (Wildman–Crippen MR) is 392 cm³/mol. The minimum atomic E-state index is -0.947. The Morgan fingerprint density at radius 2 is 0.376 bits per heavy atom. The summed E-state index contributed by atoms with van der Waals surface area (Å²) in [4.78, 5) is 20.2. The Kier molecular flexibility index (Phi) is 13.0. The molecule has 0 unspecified atom stereocenters. The number of benzene rings is 12. The number of para-hydroxylation sites is 16. The van der Waals surface area contributed by atoms with E-state index in [1.54, 1.807) is 0 Å². The van der Waals surface area contributed by atoms with Crippen molar-refractivity contribution in [3.8, 4) is 11.1 Å². The van der Waals surface area contributed by atoms with Crippen molar-refractivity contribution in [3.63, 3.8) is 0 Å². The van der Waals surface area contributed by atoms with Crippen molar-refractivity contribution < 1.29 is 0 Å². The second kappa shape index (κ2) is 21.6. The lowest BCUT2D eigenvalue weighted by atomic mass is 9.67. The van der Waals surface area contributed by atoms with Gasteiger partial charge in [-0.05, 0) is 222 Å². The number of rotatable bonds is 10. The first-order valence-corrected chi connectivity index (χ1v) is 33.1. The van der Waals surface area contributed by atoms with Gasteiger partial charge in [-0.3, -0.25) is 0 Å². The summed E-state index contributed by atoms with van der Waals surface area (Å²) in [5.41, 5.74) is 28.8. The highest BCUT2D eigenvalue weighted by molar-refractivity contribution is 6.05. The molecule has 8 heteroatoms. The van der Waals surface area contributed by atoms with E-state index in [9.17, 15) is 0 Å². The van der Waals surface area contributed by atoms with Gasteiger partial charge in [-0.2, -0.15) is 0 Å². The van der Waals surface area contributed by atoms with Crippen molar-refractivity contribution in [1.29, 1.82) is 0 Å². The standard InChI is InChI=1S/C85H74N8/c1-55(2)86-69-33-13-21-41-77(69)90(78-42-22-14-34-70(78)86)61-49-59(50-62(53-61)91-79-43-23-15-35-71(79)87(56(3)4)72-36-16-24-44-80(72)91)85(67-31-11-9-29-65(67)66-30-10-12-32-68(66)85)60-51-63(92-81-45-25-17-37-73(81)88(57(5)6)74-38-18-26-46-82(74)92)54-64(52-60)93-83-47-27-19-39-75(83)89(58(7)8)76-40-20-28-48-84(76)93/h9-58H,1-8H3. The number of fused-ring (bicyclic) bond motifs is 11. The maximum atomic E-state index is 2.55. The van der Waals surface area contributed by atoms with Gasteiger partial charge in [-0.25, -0.2) is 0 Å². The minimum absolute atomic E-state index is 0.192. The quantitative estimate of drug-likeness (QED) is 0.134. The van der Waals surface area contributed by atoms with Gasteiger partial charge in [0, 0.05) is 46.9 Å². The predicted octanol–water partition coefficient (Wildman–Crippen LogP) is 23.4. The highest BCUT2D eigenvalue weighted by Crippen LogP contribution is 2.63. The minimum Gasteiger partial charge on any atom is -0.336 e. The number of nitrogens with zero attached hydrogens (tertiary/aromatic N) is 8. The SMILES string of the molecule is CC(C)N1c2ccccc2N(c2cc(N3c4ccccc4N(C(C)C)c4ccccc43)cc(C3(c4cc(N5c6ccccc6N(C(C)C)c6ccccc65)cc(N5c6ccccc6N(C(C)C)c6ccccc65)c4)c4ccccc4-c4ccccc43)c2)c2ccccc21. The van der Waals surface area contributed by atoms with E-state index >= 15 is 0 Å². The summed E-state index contributed by atoms with van der Waals surface area (Å²) in [6, 6.07) is 106. The van der Waals surface area contributed by atoms with Crippen LogP contribution in [-0.4, -0.2) is 24.2 Å². The van der Waals surface area contributed by atoms with Gasteiger partial charge in [0.15, 0.2) is 0 Å². The van der Waals surface area contributed by atoms with E-state index in [4.69, 9.17) is 0 Å². The van der Waals surface area contributed by atoms with E-state index in [1.807, 2.05) is 0 Å². The Morgan fingerprint density at radius 3 is 0.570 bits per heavy atom. The molecule has 0 radical (unpaired) electrons. The van der Waals surface area contributed by atoms with Crippen molar-refractivity contribution in [3.05, 3.63) is 301 Å². The van der Waals surface area contributed by atoms with Crippen LogP contribution < -0.4 is 39.2 Å². The molecule has 12 aromatic rings. The van der Waals surface area contributed by atoms with Crippen LogP contribution >= 0.6 is 0 Å². The van der Waals surface area contributed by atoms with Crippen LogP contribution in [0, 0.1) is 0 Å². The van der Waals surface area contributed by atoms with Crippen LogP contribution in [0.4, 0.5) is 114 Å². The summed E-state index contributed by atoms with van der Waals surface area (Å²) in [6.07, 6.45) is 0. The van der Waals surface area contributed by atoms with Crippen LogP contribution in [-0.2, 0) is 5.41 Å². The molecule has 0 amide bonds. The third-order valence-electron chi connectivity index (χ3n) is 19.8.